The van der Waals surface area contributed by atoms with E-state index in [0.29, 0.717) is 23.1 Å². The molecule has 0 bridgehead atoms. The van der Waals surface area contributed by atoms with Crippen LogP contribution in [0.15, 0.2) is 41.3 Å². The topological polar surface area (TPSA) is 40.5 Å². The van der Waals surface area contributed by atoms with E-state index in [-0.39, 0.29) is 12.4 Å². The number of hydrogen-bond donors (Lipinski definition) is 0. The molecule has 2 heterocycles. The normalized spacial score (nSPS) is 12.7. The van der Waals surface area contributed by atoms with E-state index >= 15 is 0 Å². The van der Waals surface area contributed by atoms with Crippen molar-refractivity contribution in [2.24, 2.45) is 0 Å². The first kappa shape index (κ1) is 11.2. The predicted molar refractivity (Wildman–Crippen MR) is 67.4 cm³/mol. The Morgan fingerprint density at radius 1 is 1.28 bits per heavy atom. The zero-order valence-corrected chi connectivity index (χ0v) is 10.2. The molecule has 0 N–H and O–H groups in total. The van der Waals surface area contributed by atoms with Gasteiger partial charge >= 0.3 is 0 Å². The average molecular weight is 264 g/mol. The molecule has 3 rings (SSSR count). The van der Waals surface area contributed by atoms with E-state index in [1.165, 1.54) is 6.07 Å². The smallest absolute Gasteiger partial charge is 0.250 e. The van der Waals surface area contributed by atoms with Crippen molar-refractivity contribution < 1.29 is 9.47 Å². The van der Waals surface area contributed by atoms with Crippen LogP contribution in [0.3, 0.4) is 0 Å². The molecule has 4 nitrogen and oxygen atoms in total. The molecular weight excluding hydrogens is 254 g/mol. The molecule has 18 heavy (non-hydrogen) atoms. The molecule has 92 valence electrons. The lowest BCUT2D eigenvalue weighted by Gasteiger charge is -2.07. The van der Waals surface area contributed by atoms with Gasteiger partial charge in [0.2, 0.25) is 6.79 Å². The number of fused-ring (bicyclic) bond motifs is 1. The van der Waals surface area contributed by atoms with Crippen LogP contribution in [0.1, 0.15) is 5.56 Å². The number of halogens is 1. The maximum absolute atomic E-state index is 11.6. The standard InChI is InChI=1S/C13H10ClNO3/c14-10-5-9(6-11-13(10)18-8-17-11)7-15-4-2-1-3-12(15)16/h1-6H,7-8H2. The number of benzene rings is 1. The van der Waals surface area contributed by atoms with Crippen molar-refractivity contribution in [2.45, 2.75) is 6.54 Å². The molecule has 2 aromatic rings. The molecule has 1 aliphatic heterocycles. The van der Waals surface area contributed by atoms with Crippen molar-refractivity contribution in [1.82, 2.24) is 4.57 Å². The summed E-state index contributed by atoms with van der Waals surface area (Å²) in [5.74, 6) is 1.20. The number of ether oxygens (including phenoxy) is 2. The first-order chi connectivity index (χ1) is 8.74. The SMILES string of the molecule is O=c1ccccn1Cc1cc(Cl)c2c(c1)OCO2. The van der Waals surface area contributed by atoms with Gasteiger partial charge in [-0.1, -0.05) is 17.7 Å². The van der Waals surface area contributed by atoms with E-state index in [1.807, 2.05) is 12.1 Å². The van der Waals surface area contributed by atoms with Crippen LogP contribution >= 0.6 is 11.6 Å². The lowest BCUT2D eigenvalue weighted by atomic mass is 10.2. The summed E-state index contributed by atoms with van der Waals surface area (Å²) in [5.41, 5.74) is 0.851. The van der Waals surface area contributed by atoms with E-state index < -0.39 is 0 Å². The number of pyridine rings is 1. The van der Waals surface area contributed by atoms with Crippen LogP contribution in [0.2, 0.25) is 5.02 Å². The lowest BCUT2D eigenvalue weighted by Crippen LogP contribution is -2.18. The Morgan fingerprint density at radius 3 is 3.00 bits per heavy atom. The Balaban J connectivity index is 1.97. The summed E-state index contributed by atoms with van der Waals surface area (Å²) in [4.78, 5) is 11.6. The highest BCUT2D eigenvalue weighted by Crippen LogP contribution is 2.39. The third-order valence-electron chi connectivity index (χ3n) is 2.74. The van der Waals surface area contributed by atoms with Crippen molar-refractivity contribution >= 4 is 11.6 Å². The maximum atomic E-state index is 11.6. The number of rotatable bonds is 2. The van der Waals surface area contributed by atoms with E-state index in [4.69, 9.17) is 21.1 Å². The minimum Gasteiger partial charge on any atom is -0.454 e. The van der Waals surface area contributed by atoms with Crippen molar-refractivity contribution in [3.05, 3.63) is 57.5 Å². The fraction of sp³-hybridized carbons (Fsp3) is 0.154. The molecule has 0 radical (unpaired) electrons. The van der Waals surface area contributed by atoms with Gasteiger partial charge in [-0.2, -0.15) is 0 Å². The van der Waals surface area contributed by atoms with E-state index in [9.17, 15) is 4.79 Å². The largest absolute Gasteiger partial charge is 0.454 e. The molecule has 0 spiro atoms. The highest BCUT2D eigenvalue weighted by Gasteiger charge is 2.18. The van der Waals surface area contributed by atoms with E-state index in [1.54, 1.807) is 22.9 Å². The van der Waals surface area contributed by atoms with Gasteiger partial charge in [0.05, 0.1) is 11.6 Å². The first-order valence-electron chi connectivity index (χ1n) is 5.47. The Labute approximate surface area is 108 Å². The molecule has 0 aliphatic carbocycles. The molecule has 0 amide bonds. The average Bonchev–Trinajstić information content (AvgIpc) is 2.81. The van der Waals surface area contributed by atoms with Crippen LogP contribution < -0.4 is 15.0 Å². The summed E-state index contributed by atoms with van der Waals surface area (Å²) < 4.78 is 12.1. The molecule has 0 saturated heterocycles. The van der Waals surface area contributed by atoms with Gasteiger partial charge in [0.25, 0.3) is 5.56 Å². The third-order valence-corrected chi connectivity index (χ3v) is 3.02. The van der Waals surface area contributed by atoms with E-state index in [0.717, 1.165) is 5.56 Å². The molecule has 0 unspecified atom stereocenters. The van der Waals surface area contributed by atoms with Gasteiger partial charge in [-0.25, -0.2) is 0 Å². The van der Waals surface area contributed by atoms with Gasteiger partial charge in [-0.15, -0.1) is 0 Å². The quantitative estimate of drug-likeness (QED) is 0.835. The molecule has 0 saturated carbocycles. The van der Waals surface area contributed by atoms with Crippen LogP contribution in [0.25, 0.3) is 0 Å². The van der Waals surface area contributed by atoms with E-state index in [2.05, 4.69) is 0 Å². The van der Waals surface area contributed by atoms with Crippen molar-refractivity contribution in [3.8, 4) is 11.5 Å². The summed E-state index contributed by atoms with van der Waals surface area (Å²) in [6.07, 6.45) is 1.74. The highest BCUT2D eigenvalue weighted by atomic mass is 35.5. The van der Waals surface area contributed by atoms with Crippen LogP contribution in [-0.2, 0) is 6.54 Å². The monoisotopic (exact) mass is 263 g/mol. The lowest BCUT2D eigenvalue weighted by molar-refractivity contribution is 0.174. The summed E-state index contributed by atoms with van der Waals surface area (Å²) in [5, 5.41) is 0.504. The molecule has 0 atom stereocenters. The van der Waals surface area contributed by atoms with Crippen LogP contribution in [0, 0.1) is 0 Å². The number of aromatic nitrogens is 1. The molecule has 0 fully saturated rings. The van der Waals surface area contributed by atoms with Crippen LogP contribution in [-0.4, -0.2) is 11.4 Å². The Morgan fingerprint density at radius 2 is 2.17 bits per heavy atom. The summed E-state index contributed by atoms with van der Waals surface area (Å²) in [6, 6.07) is 8.68. The Hall–Kier alpha value is -1.94. The minimum atomic E-state index is -0.0497. The fourth-order valence-electron chi connectivity index (χ4n) is 1.90. The fourth-order valence-corrected chi connectivity index (χ4v) is 2.19. The highest BCUT2D eigenvalue weighted by molar-refractivity contribution is 6.32. The third kappa shape index (κ3) is 1.95. The Kier molecular flexibility index (Phi) is 2.72. The second-order valence-electron chi connectivity index (χ2n) is 3.98. The molecule has 1 aliphatic rings. The van der Waals surface area contributed by atoms with Crippen molar-refractivity contribution in [2.75, 3.05) is 6.79 Å². The summed E-state index contributed by atoms with van der Waals surface area (Å²) in [6.45, 7) is 0.639. The number of nitrogens with zero attached hydrogens (tertiary/aromatic N) is 1. The van der Waals surface area contributed by atoms with Crippen molar-refractivity contribution in [3.63, 3.8) is 0 Å². The van der Waals surface area contributed by atoms with Crippen molar-refractivity contribution in [1.29, 1.82) is 0 Å². The summed E-state index contributed by atoms with van der Waals surface area (Å²) in [7, 11) is 0. The van der Waals surface area contributed by atoms with Gasteiger partial charge in [-0.05, 0) is 23.8 Å². The number of hydrogen-bond acceptors (Lipinski definition) is 3. The van der Waals surface area contributed by atoms with Gasteiger partial charge in [0.1, 0.15) is 0 Å². The van der Waals surface area contributed by atoms with Crippen LogP contribution in [0.4, 0.5) is 0 Å². The minimum absolute atomic E-state index is 0.0497. The van der Waals surface area contributed by atoms with Crippen LogP contribution in [0.5, 0.6) is 11.5 Å². The molecule has 1 aromatic carbocycles. The van der Waals surface area contributed by atoms with Gasteiger partial charge in [0, 0.05) is 12.3 Å². The molecular formula is C13H10ClNO3. The second-order valence-corrected chi connectivity index (χ2v) is 4.39. The van der Waals surface area contributed by atoms with Gasteiger partial charge in [-0.3, -0.25) is 4.79 Å². The van der Waals surface area contributed by atoms with Gasteiger partial charge < -0.3 is 14.0 Å². The van der Waals surface area contributed by atoms with Gasteiger partial charge in [0.15, 0.2) is 11.5 Å². The molecule has 1 aromatic heterocycles. The zero-order chi connectivity index (χ0) is 12.5. The summed E-state index contributed by atoms with van der Waals surface area (Å²) >= 11 is 6.09. The Bertz CT molecular complexity index is 651. The second kappa shape index (κ2) is 4.38. The molecule has 5 heteroatoms. The maximum Gasteiger partial charge on any atom is 0.250 e. The zero-order valence-electron chi connectivity index (χ0n) is 9.43. The predicted octanol–water partition coefficient (Wildman–Crippen LogP) is 2.28. The first-order valence-corrected chi connectivity index (χ1v) is 5.85.